The first-order chi connectivity index (χ1) is 14.7. The number of carbonyl (C=O) groups is 1. The number of fused-ring (bicyclic) bond motifs is 1. The van der Waals surface area contributed by atoms with E-state index in [9.17, 15) is 9.18 Å². The number of halogens is 1. The molecule has 6 nitrogen and oxygen atoms in total. The van der Waals surface area contributed by atoms with E-state index in [-0.39, 0.29) is 23.4 Å². The number of hydrogen-bond donors (Lipinski definition) is 2. The minimum Gasteiger partial charge on any atom is -0.493 e. The summed E-state index contributed by atoms with van der Waals surface area (Å²) < 4.78 is 24.7. The predicted molar refractivity (Wildman–Crippen MR) is 119 cm³/mol. The number of methoxy groups -OCH3 is 2. The Morgan fingerprint density at radius 3 is 2.52 bits per heavy atom. The maximum Gasteiger partial charge on any atom is 0.315 e. The van der Waals surface area contributed by atoms with E-state index in [2.05, 4.69) is 15.5 Å². The van der Waals surface area contributed by atoms with Crippen LogP contribution in [0.1, 0.15) is 43.5 Å². The second kappa shape index (κ2) is 9.56. The molecule has 31 heavy (non-hydrogen) atoms. The Labute approximate surface area is 183 Å². The van der Waals surface area contributed by atoms with E-state index in [1.807, 2.05) is 39.0 Å². The highest BCUT2D eigenvalue weighted by molar-refractivity contribution is 5.74. The zero-order chi connectivity index (χ0) is 22.6. The smallest absolute Gasteiger partial charge is 0.315 e. The molecule has 0 unspecified atom stereocenters. The van der Waals surface area contributed by atoms with Crippen LogP contribution >= 0.6 is 0 Å². The van der Waals surface area contributed by atoms with Gasteiger partial charge in [-0.15, -0.1) is 0 Å². The number of carbonyl (C=O) groups excluding carboxylic acids is 1. The third kappa shape index (κ3) is 5.88. The van der Waals surface area contributed by atoms with E-state index in [0.717, 1.165) is 29.7 Å². The second-order valence-electron chi connectivity index (χ2n) is 8.86. The van der Waals surface area contributed by atoms with Gasteiger partial charge in [-0.2, -0.15) is 0 Å². The summed E-state index contributed by atoms with van der Waals surface area (Å²) in [6.45, 7) is 7.60. The average molecular weight is 430 g/mol. The zero-order valence-corrected chi connectivity index (χ0v) is 18.9. The molecule has 1 aliphatic heterocycles. The van der Waals surface area contributed by atoms with Crippen LogP contribution in [0.25, 0.3) is 0 Å². The molecule has 1 atom stereocenters. The van der Waals surface area contributed by atoms with Crippen LogP contribution in [-0.4, -0.2) is 43.8 Å². The Bertz CT molecular complexity index is 927. The quantitative estimate of drug-likeness (QED) is 0.728. The first kappa shape index (κ1) is 22.9. The fourth-order valence-corrected chi connectivity index (χ4v) is 3.95. The number of nitrogens with one attached hydrogen (secondary N) is 2. The van der Waals surface area contributed by atoms with Crippen LogP contribution in [0.4, 0.5) is 9.18 Å². The molecular formula is C24H32FN3O3. The van der Waals surface area contributed by atoms with Crippen LogP contribution in [0.2, 0.25) is 0 Å². The van der Waals surface area contributed by atoms with Crippen molar-refractivity contribution in [1.82, 2.24) is 15.5 Å². The van der Waals surface area contributed by atoms with Gasteiger partial charge < -0.3 is 20.1 Å². The summed E-state index contributed by atoms with van der Waals surface area (Å²) in [7, 11) is 3.24. The van der Waals surface area contributed by atoms with E-state index in [0.29, 0.717) is 24.6 Å². The fraction of sp³-hybridized carbons (Fsp3) is 0.458. The molecule has 0 aliphatic carbocycles. The first-order valence-electron chi connectivity index (χ1n) is 10.5. The minimum absolute atomic E-state index is 0.0856. The van der Waals surface area contributed by atoms with Gasteiger partial charge in [-0.1, -0.05) is 12.1 Å². The summed E-state index contributed by atoms with van der Waals surface area (Å²) in [5.41, 5.74) is 2.81. The van der Waals surface area contributed by atoms with Gasteiger partial charge in [0.05, 0.1) is 20.3 Å². The van der Waals surface area contributed by atoms with E-state index < -0.39 is 0 Å². The Balaban J connectivity index is 1.89. The fourth-order valence-electron chi connectivity index (χ4n) is 3.95. The second-order valence-corrected chi connectivity index (χ2v) is 8.86. The number of hydrogen-bond acceptors (Lipinski definition) is 4. The lowest BCUT2D eigenvalue weighted by Gasteiger charge is -2.38. The minimum atomic E-state index is -0.327. The molecule has 1 heterocycles. The summed E-state index contributed by atoms with van der Waals surface area (Å²) >= 11 is 0. The Kier molecular flexibility index (Phi) is 7.05. The lowest BCUT2D eigenvalue weighted by atomic mass is 9.91. The van der Waals surface area contributed by atoms with Gasteiger partial charge in [-0.25, -0.2) is 9.18 Å². The van der Waals surface area contributed by atoms with Gasteiger partial charge in [-0.3, -0.25) is 4.90 Å². The van der Waals surface area contributed by atoms with Crippen molar-refractivity contribution in [3.63, 3.8) is 0 Å². The molecule has 0 spiro atoms. The van der Waals surface area contributed by atoms with Crippen LogP contribution < -0.4 is 20.1 Å². The molecule has 2 aromatic rings. The van der Waals surface area contributed by atoms with Crippen molar-refractivity contribution < 1.29 is 18.7 Å². The molecule has 168 valence electrons. The van der Waals surface area contributed by atoms with Gasteiger partial charge >= 0.3 is 6.03 Å². The number of rotatable bonds is 6. The highest BCUT2D eigenvalue weighted by Crippen LogP contribution is 2.38. The van der Waals surface area contributed by atoms with Crippen LogP contribution in [0.15, 0.2) is 36.4 Å². The monoisotopic (exact) mass is 429 g/mol. The van der Waals surface area contributed by atoms with E-state index >= 15 is 0 Å². The molecule has 2 amide bonds. The SMILES string of the molecule is COc1cc2c(cc1OC)[C@@H](CNC(=O)NC(C)(C)C)N(Cc1cccc(F)c1)CC2. The van der Waals surface area contributed by atoms with Crippen LogP contribution in [0.5, 0.6) is 11.5 Å². The molecule has 0 aromatic heterocycles. The third-order valence-electron chi connectivity index (χ3n) is 5.33. The van der Waals surface area contributed by atoms with Crippen LogP contribution in [0.3, 0.4) is 0 Å². The molecule has 0 bridgehead atoms. The summed E-state index contributed by atoms with van der Waals surface area (Å²) in [5.74, 6) is 1.09. The lowest BCUT2D eigenvalue weighted by Crippen LogP contribution is -2.49. The van der Waals surface area contributed by atoms with Gasteiger partial charge in [0, 0.05) is 25.2 Å². The van der Waals surface area contributed by atoms with Crippen molar-refractivity contribution in [2.45, 2.75) is 45.3 Å². The maximum atomic E-state index is 13.7. The molecule has 2 aromatic carbocycles. The Hall–Kier alpha value is -2.80. The van der Waals surface area contributed by atoms with E-state index in [4.69, 9.17) is 9.47 Å². The molecule has 7 heteroatoms. The topological polar surface area (TPSA) is 62.8 Å². The zero-order valence-electron chi connectivity index (χ0n) is 18.9. The standard InChI is InChI=1S/C24H32FN3O3/c1-24(2,3)27-23(29)26-14-20-19-13-22(31-5)21(30-4)12-17(19)9-10-28(20)15-16-7-6-8-18(25)11-16/h6-8,11-13,20H,9-10,14-15H2,1-5H3,(H2,26,27,29)/t20-/m1/s1. The van der Waals surface area contributed by atoms with E-state index in [1.54, 1.807) is 26.4 Å². The van der Waals surface area contributed by atoms with Gasteiger partial charge in [0.2, 0.25) is 0 Å². The summed E-state index contributed by atoms with van der Waals surface area (Å²) in [6, 6.07) is 10.3. The van der Waals surface area contributed by atoms with Gasteiger partial charge in [0.25, 0.3) is 0 Å². The summed E-state index contributed by atoms with van der Waals surface area (Å²) in [4.78, 5) is 14.7. The number of benzene rings is 2. The number of urea groups is 1. The molecule has 0 saturated carbocycles. The molecular weight excluding hydrogens is 397 g/mol. The molecule has 1 aliphatic rings. The van der Waals surface area contributed by atoms with E-state index in [1.165, 1.54) is 6.07 Å². The van der Waals surface area contributed by atoms with Gasteiger partial charge in [-0.05, 0) is 68.1 Å². The molecule has 0 fully saturated rings. The van der Waals surface area contributed by atoms with Gasteiger partial charge in [0.1, 0.15) is 5.82 Å². The number of ether oxygens (including phenoxy) is 2. The highest BCUT2D eigenvalue weighted by atomic mass is 19.1. The largest absolute Gasteiger partial charge is 0.493 e. The maximum absolute atomic E-state index is 13.7. The van der Waals surface area contributed by atoms with Crippen molar-refractivity contribution in [1.29, 1.82) is 0 Å². The normalized spacial score (nSPS) is 16.4. The molecule has 0 saturated heterocycles. The summed E-state index contributed by atoms with van der Waals surface area (Å²) in [6.07, 6.45) is 0.829. The van der Waals surface area contributed by atoms with Crippen molar-refractivity contribution in [2.24, 2.45) is 0 Å². The lowest BCUT2D eigenvalue weighted by molar-refractivity contribution is 0.169. The third-order valence-corrected chi connectivity index (χ3v) is 5.33. The van der Waals surface area contributed by atoms with Crippen LogP contribution in [0, 0.1) is 5.82 Å². The van der Waals surface area contributed by atoms with Crippen molar-refractivity contribution >= 4 is 6.03 Å². The first-order valence-corrected chi connectivity index (χ1v) is 10.5. The van der Waals surface area contributed by atoms with Crippen molar-refractivity contribution in [2.75, 3.05) is 27.3 Å². The molecule has 2 N–H and O–H groups in total. The number of amides is 2. The van der Waals surface area contributed by atoms with Crippen molar-refractivity contribution in [3.8, 4) is 11.5 Å². The summed E-state index contributed by atoms with van der Waals surface area (Å²) in [5, 5.41) is 5.94. The Morgan fingerprint density at radius 1 is 1.16 bits per heavy atom. The predicted octanol–water partition coefficient (Wildman–Crippen LogP) is 4.04. The molecule has 0 radical (unpaired) electrons. The molecule has 3 rings (SSSR count). The van der Waals surface area contributed by atoms with Crippen molar-refractivity contribution in [3.05, 3.63) is 58.9 Å². The Morgan fingerprint density at radius 2 is 1.87 bits per heavy atom. The van der Waals surface area contributed by atoms with Crippen LogP contribution in [-0.2, 0) is 13.0 Å². The average Bonchev–Trinajstić information content (AvgIpc) is 2.70. The highest BCUT2D eigenvalue weighted by Gasteiger charge is 2.30. The van der Waals surface area contributed by atoms with Gasteiger partial charge in [0.15, 0.2) is 11.5 Å². The number of nitrogens with zero attached hydrogens (tertiary/aromatic N) is 1.